The Morgan fingerprint density at radius 3 is 2.92 bits per heavy atom. The lowest BCUT2D eigenvalue weighted by molar-refractivity contribution is 0.0528. The smallest absolute Gasteiger partial charge is 0.340 e. The Morgan fingerprint density at radius 2 is 2.21 bits per heavy atom. The fraction of sp³-hybridized carbons (Fsp3) is 0.133. The summed E-state index contributed by atoms with van der Waals surface area (Å²) in [6.45, 7) is 1.98. The third kappa shape index (κ3) is 3.42. The van der Waals surface area contributed by atoms with E-state index in [2.05, 4.69) is 20.3 Å². The van der Waals surface area contributed by atoms with Crippen LogP contribution in [0.5, 0.6) is 0 Å². The third-order valence-corrected chi connectivity index (χ3v) is 3.44. The SMILES string of the molecule is CCOC(=O)c1c[nH]c2ncnc(Nc3ccc(F)c(Cl)c3)c12.Cl. The number of aromatic amines is 1. The summed E-state index contributed by atoms with van der Waals surface area (Å²) in [5.41, 5.74) is 1.34. The minimum Gasteiger partial charge on any atom is -0.462 e. The number of hydrogen-bond acceptors (Lipinski definition) is 5. The molecule has 0 saturated carbocycles. The number of aromatic nitrogens is 3. The summed E-state index contributed by atoms with van der Waals surface area (Å²) in [6, 6.07) is 4.19. The van der Waals surface area contributed by atoms with E-state index in [1.165, 1.54) is 30.7 Å². The molecule has 2 N–H and O–H groups in total. The molecule has 1 aromatic carbocycles. The summed E-state index contributed by atoms with van der Waals surface area (Å²) in [7, 11) is 0. The lowest BCUT2D eigenvalue weighted by Crippen LogP contribution is -2.05. The first-order valence-corrected chi connectivity index (χ1v) is 7.19. The van der Waals surface area contributed by atoms with Gasteiger partial charge in [0, 0.05) is 11.9 Å². The number of anilines is 2. The van der Waals surface area contributed by atoms with Crippen molar-refractivity contribution in [2.24, 2.45) is 0 Å². The lowest BCUT2D eigenvalue weighted by Gasteiger charge is -2.08. The number of benzene rings is 1. The number of H-pyrrole nitrogens is 1. The van der Waals surface area contributed by atoms with E-state index in [0.717, 1.165) is 0 Å². The highest BCUT2D eigenvalue weighted by Gasteiger charge is 2.18. The molecule has 0 fully saturated rings. The van der Waals surface area contributed by atoms with Crippen molar-refractivity contribution in [2.45, 2.75) is 6.92 Å². The topological polar surface area (TPSA) is 79.9 Å². The van der Waals surface area contributed by atoms with Gasteiger partial charge in [-0.15, -0.1) is 12.4 Å². The van der Waals surface area contributed by atoms with Crippen LogP contribution in [-0.4, -0.2) is 27.5 Å². The van der Waals surface area contributed by atoms with Crippen LogP contribution in [0.15, 0.2) is 30.7 Å². The van der Waals surface area contributed by atoms with E-state index >= 15 is 0 Å². The molecule has 0 aliphatic carbocycles. The van der Waals surface area contributed by atoms with Gasteiger partial charge in [0.1, 0.15) is 23.6 Å². The zero-order valence-corrected chi connectivity index (χ0v) is 14.0. The summed E-state index contributed by atoms with van der Waals surface area (Å²) in [5.74, 6) is -0.602. The van der Waals surface area contributed by atoms with Crippen LogP contribution in [0.4, 0.5) is 15.9 Å². The van der Waals surface area contributed by atoms with Crippen LogP contribution in [0.3, 0.4) is 0 Å². The lowest BCUT2D eigenvalue weighted by atomic mass is 10.2. The van der Waals surface area contributed by atoms with E-state index in [1.54, 1.807) is 6.92 Å². The van der Waals surface area contributed by atoms with Crippen LogP contribution in [0.1, 0.15) is 17.3 Å². The first-order chi connectivity index (χ1) is 11.1. The highest BCUT2D eigenvalue weighted by molar-refractivity contribution is 6.31. The number of carbonyl (C=O) groups excluding carboxylic acids is 1. The summed E-state index contributed by atoms with van der Waals surface area (Å²) < 4.78 is 18.3. The van der Waals surface area contributed by atoms with Crippen molar-refractivity contribution < 1.29 is 13.9 Å². The van der Waals surface area contributed by atoms with Gasteiger partial charge in [0.05, 0.1) is 22.6 Å². The molecule has 9 heteroatoms. The maximum absolute atomic E-state index is 13.2. The Kier molecular flexibility index (Phi) is 5.58. The Morgan fingerprint density at radius 1 is 1.42 bits per heavy atom. The normalized spacial score (nSPS) is 10.3. The second-order valence-corrected chi connectivity index (χ2v) is 5.03. The van der Waals surface area contributed by atoms with Crippen molar-refractivity contribution in [3.8, 4) is 0 Å². The zero-order valence-electron chi connectivity index (χ0n) is 12.5. The van der Waals surface area contributed by atoms with Crippen molar-refractivity contribution in [2.75, 3.05) is 11.9 Å². The number of hydrogen-bond donors (Lipinski definition) is 2. The van der Waals surface area contributed by atoms with Crippen LogP contribution in [-0.2, 0) is 4.74 Å². The van der Waals surface area contributed by atoms with Crippen LogP contribution in [0.25, 0.3) is 11.0 Å². The van der Waals surface area contributed by atoms with E-state index in [1.807, 2.05) is 0 Å². The summed E-state index contributed by atoms with van der Waals surface area (Å²) in [5, 5.41) is 3.49. The summed E-state index contributed by atoms with van der Waals surface area (Å²) >= 11 is 5.77. The quantitative estimate of drug-likeness (QED) is 0.676. The number of rotatable bonds is 4. The van der Waals surface area contributed by atoms with Gasteiger partial charge in [0.15, 0.2) is 0 Å². The van der Waals surface area contributed by atoms with Crippen molar-refractivity contribution in [3.05, 3.63) is 47.1 Å². The molecule has 126 valence electrons. The van der Waals surface area contributed by atoms with Gasteiger partial charge in [0.25, 0.3) is 0 Å². The van der Waals surface area contributed by atoms with E-state index in [4.69, 9.17) is 16.3 Å². The Balaban J connectivity index is 0.00000208. The van der Waals surface area contributed by atoms with Gasteiger partial charge < -0.3 is 15.0 Å². The van der Waals surface area contributed by atoms with Crippen LogP contribution in [0.2, 0.25) is 5.02 Å². The molecule has 6 nitrogen and oxygen atoms in total. The Hall–Kier alpha value is -2.38. The minimum absolute atomic E-state index is 0. The molecule has 2 aromatic heterocycles. The molecule has 3 rings (SSSR count). The van der Waals surface area contributed by atoms with E-state index in [-0.39, 0.29) is 24.0 Å². The molecule has 2 heterocycles. The van der Waals surface area contributed by atoms with Crippen molar-refractivity contribution in [1.29, 1.82) is 0 Å². The first kappa shape index (κ1) is 18.0. The molecule has 0 saturated heterocycles. The molecule has 0 unspecified atom stereocenters. The van der Waals surface area contributed by atoms with Crippen LogP contribution >= 0.6 is 24.0 Å². The van der Waals surface area contributed by atoms with Crippen molar-refractivity contribution in [3.63, 3.8) is 0 Å². The van der Waals surface area contributed by atoms with Crippen LogP contribution in [0, 0.1) is 5.82 Å². The molecule has 0 amide bonds. The fourth-order valence-electron chi connectivity index (χ4n) is 2.14. The number of esters is 1. The van der Waals surface area contributed by atoms with Crippen LogP contribution < -0.4 is 5.32 Å². The van der Waals surface area contributed by atoms with Gasteiger partial charge in [-0.1, -0.05) is 11.6 Å². The molecular weight excluding hydrogens is 358 g/mol. The third-order valence-electron chi connectivity index (χ3n) is 3.15. The molecule has 0 aliphatic heterocycles. The summed E-state index contributed by atoms with van der Waals surface area (Å²) in [6.07, 6.45) is 2.86. The standard InChI is InChI=1S/C15H12ClFN4O2.ClH/c1-2-23-15(22)9-6-18-13-12(9)14(20-7-19-13)21-8-3-4-11(17)10(16)5-8;/h3-7H,2H2,1H3,(H2,18,19,20,21);1H. The average Bonchev–Trinajstić information content (AvgIpc) is 2.96. The second kappa shape index (κ2) is 7.46. The predicted octanol–water partition coefficient (Wildman–Crippen LogP) is 4.09. The number of ether oxygens (including phenoxy) is 1. The van der Waals surface area contributed by atoms with E-state index in [0.29, 0.717) is 28.1 Å². The van der Waals surface area contributed by atoms with Gasteiger partial charge in [-0.2, -0.15) is 0 Å². The largest absolute Gasteiger partial charge is 0.462 e. The van der Waals surface area contributed by atoms with Gasteiger partial charge in [-0.3, -0.25) is 0 Å². The van der Waals surface area contributed by atoms with Gasteiger partial charge in [-0.05, 0) is 25.1 Å². The maximum Gasteiger partial charge on any atom is 0.340 e. The molecule has 0 aliphatic rings. The second-order valence-electron chi connectivity index (χ2n) is 4.62. The van der Waals surface area contributed by atoms with Gasteiger partial charge >= 0.3 is 5.97 Å². The zero-order chi connectivity index (χ0) is 16.4. The highest BCUT2D eigenvalue weighted by atomic mass is 35.5. The first-order valence-electron chi connectivity index (χ1n) is 6.81. The molecule has 0 radical (unpaired) electrons. The molecule has 0 spiro atoms. The Labute approximate surface area is 147 Å². The highest BCUT2D eigenvalue weighted by Crippen LogP contribution is 2.28. The number of nitrogens with one attached hydrogen (secondary N) is 2. The van der Waals surface area contributed by atoms with Crippen molar-refractivity contribution >= 4 is 52.5 Å². The number of nitrogens with zero attached hydrogens (tertiary/aromatic N) is 2. The van der Waals surface area contributed by atoms with Crippen molar-refractivity contribution in [1.82, 2.24) is 15.0 Å². The van der Waals surface area contributed by atoms with Gasteiger partial charge in [-0.25, -0.2) is 19.2 Å². The van der Waals surface area contributed by atoms with Gasteiger partial charge in [0.2, 0.25) is 0 Å². The number of fused-ring (bicyclic) bond motifs is 1. The fourth-order valence-corrected chi connectivity index (χ4v) is 2.32. The molecular formula is C15H13Cl2FN4O2. The number of carbonyl (C=O) groups is 1. The average molecular weight is 371 g/mol. The Bertz CT molecular complexity index is 885. The molecule has 0 bridgehead atoms. The summed E-state index contributed by atoms with van der Waals surface area (Å²) in [4.78, 5) is 23.1. The monoisotopic (exact) mass is 370 g/mol. The maximum atomic E-state index is 13.2. The molecule has 0 atom stereocenters. The molecule has 3 aromatic rings. The predicted molar refractivity (Wildman–Crippen MR) is 91.8 cm³/mol. The van der Waals surface area contributed by atoms with E-state index in [9.17, 15) is 9.18 Å². The van der Waals surface area contributed by atoms with E-state index < -0.39 is 11.8 Å². The molecule has 24 heavy (non-hydrogen) atoms. The minimum atomic E-state index is -0.515. The number of halogens is 3.